The van der Waals surface area contributed by atoms with E-state index in [4.69, 9.17) is 5.11 Å². The first-order valence-corrected chi connectivity index (χ1v) is 4.52. The molecule has 1 aromatic rings. The summed E-state index contributed by atoms with van der Waals surface area (Å²) in [4.78, 5) is 33.6. The lowest BCUT2D eigenvalue weighted by molar-refractivity contribution is 0.0692. The van der Waals surface area contributed by atoms with Crippen LogP contribution in [0, 0.1) is 0 Å². The van der Waals surface area contributed by atoms with Gasteiger partial charge in [0.2, 0.25) is 0 Å². The number of aryl methyl sites for hydroxylation is 1. The third-order valence-corrected chi connectivity index (χ3v) is 2.05. The molecule has 82 valence electrons. The van der Waals surface area contributed by atoms with Crippen LogP contribution in [0.15, 0.2) is 15.8 Å². The van der Waals surface area contributed by atoms with Crippen LogP contribution in [0.2, 0.25) is 0 Å². The van der Waals surface area contributed by atoms with E-state index >= 15 is 0 Å². The van der Waals surface area contributed by atoms with Crippen molar-refractivity contribution in [3.8, 4) is 0 Å². The minimum Gasteiger partial charge on any atom is -0.477 e. The van der Waals surface area contributed by atoms with Crippen LogP contribution in [0.25, 0.3) is 0 Å². The molecule has 15 heavy (non-hydrogen) atoms. The molecular weight excluding hydrogens is 200 g/mol. The van der Waals surface area contributed by atoms with Crippen LogP contribution >= 0.6 is 0 Å². The highest BCUT2D eigenvalue weighted by atomic mass is 16.4. The average Bonchev–Trinajstić information content (AvgIpc) is 2.18. The summed E-state index contributed by atoms with van der Waals surface area (Å²) in [7, 11) is 1.27. The Morgan fingerprint density at radius 3 is 2.53 bits per heavy atom. The molecule has 0 aliphatic carbocycles. The number of carboxylic acids is 1. The molecule has 0 radical (unpaired) electrons. The topological polar surface area (TPSA) is 81.3 Å². The smallest absolute Gasteiger partial charge is 0.342 e. The lowest BCUT2D eigenvalue weighted by Crippen LogP contribution is -2.40. The van der Waals surface area contributed by atoms with Gasteiger partial charge in [0, 0.05) is 19.8 Å². The van der Waals surface area contributed by atoms with E-state index in [1.54, 1.807) is 0 Å². The van der Waals surface area contributed by atoms with Crippen molar-refractivity contribution in [3.63, 3.8) is 0 Å². The van der Waals surface area contributed by atoms with Crippen LogP contribution in [0.1, 0.15) is 23.7 Å². The summed E-state index contributed by atoms with van der Waals surface area (Å²) in [5.74, 6) is -1.32. The molecule has 0 unspecified atom stereocenters. The summed E-state index contributed by atoms with van der Waals surface area (Å²) in [5.41, 5.74) is -1.66. The molecule has 0 amide bonds. The summed E-state index contributed by atoms with van der Waals surface area (Å²) in [6.07, 6.45) is 1.79. The second-order valence-corrected chi connectivity index (χ2v) is 3.19. The Morgan fingerprint density at radius 1 is 1.47 bits per heavy atom. The molecule has 0 atom stereocenters. The third-order valence-electron chi connectivity index (χ3n) is 2.05. The number of carboxylic acid groups (broad SMARTS) is 1. The van der Waals surface area contributed by atoms with Crippen molar-refractivity contribution in [3.05, 3.63) is 32.6 Å². The zero-order chi connectivity index (χ0) is 11.6. The maximum Gasteiger partial charge on any atom is 0.342 e. The lowest BCUT2D eigenvalue weighted by atomic mass is 10.3. The van der Waals surface area contributed by atoms with Crippen LogP contribution in [0.5, 0.6) is 0 Å². The van der Waals surface area contributed by atoms with Crippen LogP contribution in [-0.4, -0.2) is 20.2 Å². The van der Waals surface area contributed by atoms with Crippen molar-refractivity contribution in [2.45, 2.75) is 19.9 Å². The van der Waals surface area contributed by atoms with Crippen LogP contribution in [-0.2, 0) is 13.6 Å². The van der Waals surface area contributed by atoms with Gasteiger partial charge in [-0.05, 0) is 6.42 Å². The van der Waals surface area contributed by atoms with Crippen LogP contribution in [0.3, 0.4) is 0 Å². The van der Waals surface area contributed by atoms with Crippen molar-refractivity contribution >= 4 is 5.97 Å². The number of aromatic nitrogens is 2. The Balaban J connectivity index is 3.53. The fourth-order valence-corrected chi connectivity index (χ4v) is 1.27. The molecule has 0 aliphatic rings. The lowest BCUT2D eigenvalue weighted by Gasteiger charge is -2.06. The Kier molecular flexibility index (Phi) is 3.08. The standard InChI is InChI=1S/C9H12N2O4/c1-3-4-11-5-6(8(13)14)7(12)10(2)9(11)15/h5H,3-4H2,1-2H3,(H,13,14). The van der Waals surface area contributed by atoms with Crippen molar-refractivity contribution in [2.75, 3.05) is 0 Å². The van der Waals surface area contributed by atoms with E-state index in [9.17, 15) is 14.4 Å². The van der Waals surface area contributed by atoms with E-state index in [0.717, 1.165) is 10.8 Å². The molecule has 6 nitrogen and oxygen atoms in total. The summed E-state index contributed by atoms with van der Waals surface area (Å²) in [6, 6.07) is 0. The molecule has 1 N–H and O–H groups in total. The van der Waals surface area contributed by atoms with Gasteiger partial charge < -0.3 is 5.11 Å². The maximum absolute atomic E-state index is 11.5. The predicted molar refractivity (Wildman–Crippen MR) is 53.2 cm³/mol. The van der Waals surface area contributed by atoms with Gasteiger partial charge in [0.1, 0.15) is 5.56 Å². The number of carbonyl (C=O) groups is 1. The van der Waals surface area contributed by atoms with E-state index in [2.05, 4.69) is 0 Å². The van der Waals surface area contributed by atoms with Gasteiger partial charge in [-0.3, -0.25) is 13.9 Å². The summed E-state index contributed by atoms with van der Waals surface area (Å²) in [5, 5.41) is 8.74. The van der Waals surface area contributed by atoms with Crippen LogP contribution < -0.4 is 11.2 Å². The number of aromatic carboxylic acids is 1. The largest absolute Gasteiger partial charge is 0.477 e. The third kappa shape index (κ3) is 1.98. The Morgan fingerprint density at radius 2 is 2.07 bits per heavy atom. The molecule has 0 aliphatic heterocycles. The van der Waals surface area contributed by atoms with E-state index in [1.165, 1.54) is 11.6 Å². The molecule has 1 heterocycles. The maximum atomic E-state index is 11.5. The number of rotatable bonds is 3. The number of hydrogen-bond acceptors (Lipinski definition) is 3. The van der Waals surface area contributed by atoms with Crippen molar-refractivity contribution in [1.29, 1.82) is 0 Å². The summed E-state index contributed by atoms with van der Waals surface area (Å²) in [6.45, 7) is 2.26. The normalized spacial score (nSPS) is 10.3. The van der Waals surface area contributed by atoms with Crippen LogP contribution in [0.4, 0.5) is 0 Å². The zero-order valence-corrected chi connectivity index (χ0v) is 8.56. The quantitative estimate of drug-likeness (QED) is 0.742. The minimum atomic E-state index is -1.32. The van der Waals surface area contributed by atoms with Crippen molar-refractivity contribution in [2.24, 2.45) is 7.05 Å². The first kappa shape index (κ1) is 11.2. The molecule has 0 saturated carbocycles. The first-order valence-electron chi connectivity index (χ1n) is 4.52. The molecule has 1 aromatic heterocycles. The van der Waals surface area contributed by atoms with Crippen molar-refractivity contribution in [1.82, 2.24) is 9.13 Å². The van der Waals surface area contributed by atoms with E-state index in [-0.39, 0.29) is 5.56 Å². The highest BCUT2D eigenvalue weighted by molar-refractivity contribution is 5.86. The van der Waals surface area contributed by atoms with Gasteiger partial charge in [0.15, 0.2) is 0 Å². The molecule has 0 saturated heterocycles. The molecule has 0 fully saturated rings. The van der Waals surface area contributed by atoms with E-state index < -0.39 is 17.2 Å². The number of nitrogens with zero attached hydrogens (tertiary/aromatic N) is 2. The minimum absolute atomic E-state index is 0.384. The second-order valence-electron chi connectivity index (χ2n) is 3.19. The fraction of sp³-hybridized carbons (Fsp3) is 0.444. The predicted octanol–water partition coefficient (Wildman–Crippen LogP) is -0.345. The van der Waals surface area contributed by atoms with Gasteiger partial charge in [0.25, 0.3) is 5.56 Å². The highest BCUT2D eigenvalue weighted by Gasteiger charge is 2.13. The average molecular weight is 212 g/mol. The Labute approximate surface area is 85.4 Å². The van der Waals surface area contributed by atoms with Gasteiger partial charge in [-0.25, -0.2) is 9.59 Å². The molecular formula is C9H12N2O4. The van der Waals surface area contributed by atoms with Gasteiger partial charge in [-0.15, -0.1) is 0 Å². The van der Waals surface area contributed by atoms with E-state index in [1.807, 2.05) is 6.92 Å². The Bertz CT molecular complexity index is 498. The molecule has 0 aromatic carbocycles. The highest BCUT2D eigenvalue weighted by Crippen LogP contribution is 1.90. The van der Waals surface area contributed by atoms with E-state index in [0.29, 0.717) is 13.0 Å². The molecule has 1 rings (SSSR count). The van der Waals surface area contributed by atoms with Gasteiger partial charge in [-0.2, -0.15) is 0 Å². The van der Waals surface area contributed by atoms with Gasteiger partial charge in [-0.1, -0.05) is 6.92 Å². The van der Waals surface area contributed by atoms with Gasteiger partial charge >= 0.3 is 11.7 Å². The molecule has 0 bridgehead atoms. The Hall–Kier alpha value is -1.85. The fourth-order valence-electron chi connectivity index (χ4n) is 1.27. The second kappa shape index (κ2) is 4.12. The molecule has 6 heteroatoms. The summed E-state index contributed by atoms with van der Waals surface area (Å²) < 4.78 is 2.03. The monoisotopic (exact) mass is 212 g/mol. The zero-order valence-electron chi connectivity index (χ0n) is 8.56. The van der Waals surface area contributed by atoms with Crippen molar-refractivity contribution < 1.29 is 9.90 Å². The SMILES string of the molecule is CCCn1cc(C(=O)O)c(=O)n(C)c1=O. The first-order chi connectivity index (χ1) is 6.99. The summed E-state index contributed by atoms with van der Waals surface area (Å²) >= 11 is 0. The van der Waals surface area contributed by atoms with Gasteiger partial charge in [0.05, 0.1) is 0 Å². The molecule has 0 spiro atoms. The number of hydrogen-bond donors (Lipinski definition) is 1.